The predicted octanol–water partition coefficient (Wildman–Crippen LogP) is 3.89. The molecule has 1 saturated carbocycles. The lowest BCUT2D eigenvalue weighted by Gasteiger charge is -2.10. The molecular weight excluding hydrogens is 364 g/mol. The van der Waals surface area contributed by atoms with Crippen LogP contribution in [0.15, 0.2) is 55.0 Å². The second kappa shape index (κ2) is 7.50. The van der Waals surface area contributed by atoms with Gasteiger partial charge in [0.2, 0.25) is 5.95 Å². The maximum Gasteiger partial charge on any atom is 0.224 e. The molecule has 0 unspecified atom stereocenters. The number of rotatable bonds is 7. The highest BCUT2D eigenvalue weighted by Crippen LogP contribution is 2.40. The van der Waals surface area contributed by atoms with Crippen LogP contribution in [0.1, 0.15) is 24.4 Å². The number of benzene rings is 1. The van der Waals surface area contributed by atoms with E-state index in [1.54, 1.807) is 25.7 Å². The van der Waals surface area contributed by atoms with Gasteiger partial charge in [0.05, 0.1) is 13.3 Å². The molecule has 0 saturated heterocycles. The number of methoxy groups -OCH3 is 1. The van der Waals surface area contributed by atoms with Crippen LogP contribution in [0.4, 0.5) is 5.95 Å². The zero-order chi connectivity index (χ0) is 19.6. The maximum absolute atomic E-state index is 5.42. The fraction of sp³-hybridized carbons (Fsp3) is 0.273. The third kappa shape index (κ3) is 3.51. The van der Waals surface area contributed by atoms with Gasteiger partial charge in [0.15, 0.2) is 5.65 Å². The average molecular weight is 386 g/mol. The molecule has 0 amide bonds. The van der Waals surface area contributed by atoms with Crippen LogP contribution in [0.25, 0.3) is 22.6 Å². The van der Waals surface area contributed by atoms with E-state index in [1.807, 2.05) is 30.3 Å². The van der Waals surface area contributed by atoms with Gasteiger partial charge in [0.1, 0.15) is 17.1 Å². The number of aromatic nitrogens is 5. The highest BCUT2D eigenvalue weighted by atomic mass is 16.5. The molecule has 0 bridgehead atoms. The molecule has 5 rings (SSSR count). The first-order valence-electron chi connectivity index (χ1n) is 9.84. The number of nitrogens with zero attached hydrogens (tertiary/aromatic N) is 5. The molecule has 4 aromatic rings. The molecule has 1 aliphatic carbocycles. The maximum atomic E-state index is 5.42. The summed E-state index contributed by atoms with van der Waals surface area (Å²) in [4.78, 5) is 18.2. The van der Waals surface area contributed by atoms with E-state index in [2.05, 4.69) is 25.9 Å². The van der Waals surface area contributed by atoms with Crippen molar-refractivity contribution in [3.8, 4) is 17.1 Å². The van der Waals surface area contributed by atoms with E-state index >= 15 is 0 Å². The third-order valence-electron chi connectivity index (χ3n) is 5.15. The Bertz CT molecular complexity index is 1140. The van der Waals surface area contributed by atoms with Crippen LogP contribution in [-0.4, -0.2) is 38.2 Å². The van der Waals surface area contributed by atoms with Crippen LogP contribution in [0.5, 0.6) is 5.75 Å². The van der Waals surface area contributed by atoms with Crippen molar-refractivity contribution in [2.24, 2.45) is 0 Å². The number of nitrogens with one attached hydrogen (secondary N) is 1. The van der Waals surface area contributed by atoms with E-state index in [1.165, 1.54) is 0 Å². The summed E-state index contributed by atoms with van der Waals surface area (Å²) in [6, 6.07) is 12.5. The summed E-state index contributed by atoms with van der Waals surface area (Å²) in [6.45, 7) is 0.723. The molecule has 0 aliphatic heterocycles. The summed E-state index contributed by atoms with van der Waals surface area (Å²) in [6.07, 6.45) is 8.53. The Morgan fingerprint density at radius 1 is 1.10 bits per heavy atom. The number of anilines is 1. The van der Waals surface area contributed by atoms with Gasteiger partial charge in [0, 0.05) is 30.5 Å². The van der Waals surface area contributed by atoms with Gasteiger partial charge in [-0.05, 0) is 43.0 Å². The molecule has 1 aliphatic rings. The van der Waals surface area contributed by atoms with Gasteiger partial charge in [-0.15, -0.1) is 0 Å². The number of hydrogen-bond acceptors (Lipinski definition) is 6. The first-order valence-corrected chi connectivity index (χ1v) is 9.84. The molecule has 3 heterocycles. The highest BCUT2D eigenvalue weighted by molar-refractivity contribution is 5.77. The van der Waals surface area contributed by atoms with Gasteiger partial charge in [-0.2, -0.15) is 4.98 Å². The Morgan fingerprint density at radius 2 is 1.93 bits per heavy atom. The van der Waals surface area contributed by atoms with Gasteiger partial charge < -0.3 is 14.6 Å². The minimum atomic E-state index is 0.458. The lowest BCUT2D eigenvalue weighted by atomic mass is 10.1. The third-order valence-corrected chi connectivity index (χ3v) is 5.15. The molecule has 0 atom stereocenters. The lowest BCUT2D eigenvalue weighted by Crippen LogP contribution is -2.09. The van der Waals surface area contributed by atoms with Crippen molar-refractivity contribution in [2.75, 3.05) is 19.0 Å². The molecule has 1 fully saturated rings. The average Bonchev–Trinajstić information content (AvgIpc) is 3.54. The summed E-state index contributed by atoms with van der Waals surface area (Å²) in [5.41, 5.74) is 3.91. The topological polar surface area (TPSA) is 77.8 Å². The molecule has 29 heavy (non-hydrogen) atoms. The molecule has 1 N–H and O–H groups in total. The Morgan fingerprint density at radius 3 is 2.72 bits per heavy atom. The van der Waals surface area contributed by atoms with E-state index < -0.39 is 0 Å². The second-order valence-corrected chi connectivity index (χ2v) is 7.16. The molecule has 7 heteroatoms. The quantitative estimate of drug-likeness (QED) is 0.519. The Labute approximate surface area is 168 Å². The van der Waals surface area contributed by atoms with E-state index in [0.29, 0.717) is 12.0 Å². The normalized spacial score (nSPS) is 13.6. The van der Waals surface area contributed by atoms with Gasteiger partial charge in [0.25, 0.3) is 0 Å². The predicted molar refractivity (Wildman–Crippen MR) is 112 cm³/mol. The van der Waals surface area contributed by atoms with Crippen molar-refractivity contribution in [3.63, 3.8) is 0 Å². The zero-order valence-electron chi connectivity index (χ0n) is 16.2. The van der Waals surface area contributed by atoms with Gasteiger partial charge in [-0.1, -0.05) is 18.2 Å². The number of hydrogen-bond donors (Lipinski definition) is 1. The van der Waals surface area contributed by atoms with Crippen molar-refractivity contribution < 1.29 is 4.74 Å². The van der Waals surface area contributed by atoms with Crippen molar-refractivity contribution in [2.45, 2.75) is 25.3 Å². The fourth-order valence-corrected chi connectivity index (χ4v) is 3.58. The highest BCUT2D eigenvalue weighted by Gasteiger charge is 2.29. The SMILES string of the molecule is COc1ccccc1CCNc1ncc2nc(-c3ccncc3)n(C3CC3)c2n1. The van der Waals surface area contributed by atoms with Gasteiger partial charge in [-0.25, -0.2) is 9.97 Å². The van der Waals surface area contributed by atoms with Crippen molar-refractivity contribution in [1.82, 2.24) is 24.5 Å². The van der Waals surface area contributed by atoms with Crippen LogP contribution < -0.4 is 10.1 Å². The second-order valence-electron chi connectivity index (χ2n) is 7.16. The molecule has 0 radical (unpaired) electrons. The van der Waals surface area contributed by atoms with Crippen LogP contribution in [0, 0.1) is 0 Å². The minimum Gasteiger partial charge on any atom is -0.496 e. The van der Waals surface area contributed by atoms with Gasteiger partial charge in [-0.3, -0.25) is 4.98 Å². The largest absolute Gasteiger partial charge is 0.496 e. The number of para-hydroxylation sites is 1. The summed E-state index contributed by atoms with van der Waals surface area (Å²) >= 11 is 0. The number of pyridine rings is 1. The van der Waals surface area contributed by atoms with E-state index in [-0.39, 0.29) is 0 Å². The van der Waals surface area contributed by atoms with E-state index in [4.69, 9.17) is 14.7 Å². The summed E-state index contributed by atoms with van der Waals surface area (Å²) < 4.78 is 7.67. The van der Waals surface area contributed by atoms with Crippen molar-refractivity contribution in [1.29, 1.82) is 0 Å². The summed E-state index contributed by atoms with van der Waals surface area (Å²) in [5.74, 6) is 2.46. The Kier molecular flexibility index (Phi) is 4.56. The molecule has 1 aromatic carbocycles. The van der Waals surface area contributed by atoms with Crippen LogP contribution in [-0.2, 0) is 6.42 Å². The summed E-state index contributed by atoms with van der Waals surface area (Å²) in [7, 11) is 1.70. The minimum absolute atomic E-state index is 0.458. The molecular formula is C22H22N6O. The van der Waals surface area contributed by atoms with E-state index in [9.17, 15) is 0 Å². The first kappa shape index (κ1) is 17.6. The summed E-state index contributed by atoms with van der Waals surface area (Å²) in [5, 5.41) is 3.34. The van der Waals surface area contributed by atoms with Crippen LogP contribution in [0.3, 0.4) is 0 Å². The monoisotopic (exact) mass is 386 g/mol. The number of fused-ring (bicyclic) bond motifs is 1. The smallest absolute Gasteiger partial charge is 0.224 e. The van der Waals surface area contributed by atoms with Crippen LogP contribution >= 0.6 is 0 Å². The lowest BCUT2D eigenvalue weighted by molar-refractivity contribution is 0.410. The molecule has 7 nitrogen and oxygen atoms in total. The molecule has 3 aromatic heterocycles. The zero-order valence-corrected chi connectivity index (χ0v) is 16.2. The fourth-order valence-electron chi connectivity index (χ4n) is 3.58. The number of imidazole rings is 1. The molecule has 0 spiro atoms. The van der Waals surface area contributed by atoms with Crippen molar-refractivity contribution >= 4 is 17.1 Å². The Balaban J connectivity index is 1.41. The Hall–Kier alpha value is -3.48. The van der Waals surface area contributed by atoms with E-state index in [0.717, 1.165) is 59.7 Å². The number of ether oxygens (including phenoxy) is 1. The van der Waals surface area contributed by atoms with Gasteiger partial charge >= 0.3 is 0 Å². The first-order chi connectivity index (χ1) is 14.3. The standard InChI is InChI=1S/C22H22N6O/c1-29-19-5-3-2-4-15(19)10-13-24-22-25-14-18-21(27-22)28(17-6-7-17)20(26-18)16-8-11-23-12-9-16/h2-5,8-9,11-12,14,17H,6-7,10,13H2,1H3,(H,24,25,27). The van der Waals surface area contributed by atoms with Crippen LogP contribution in [0.2, 0.25) is 0 Å². The molecule has 146 valence electrons. The van der Waals surface area contributed by atoms with Crippen molar-refractivity contribution in [3.05, 3.63) is 60.6 Å².